The van der Waals surface area contributed by atoms with Gasteiger partial charge in [0.2, 0.25) is 21.8 Å². The van der Waals surface area contributed by atoms with Crippen molar-refractivity contribution in [2.24, 2.45) is 17.8 Å². The van der Waals surface area contributed by atoms with Crippen molar-refractivity contribution in [3.63, 3.8) is 0 Å². The highest BCUT2D eigenvalue weighted by Crippen LogP contribution is 2.27. The number of nitro groups is 1. The van der Waals surface area contributed by atoms with E-state index in [1.54, 1.807) is 37.3 Å². The molecular weight excluding hydrogens is 675 g/mol. The van der Waals surface area contributed by atoms with Crippen LogP contribution in [-0.4, -0.2) is 61.4 Å². The average Bonchev–Trinajstić information content (AvgIpc) is 3.08. The second-order valence-electron chi connectivity index (χ2n) is 13.6. The molecule has 51 heavy (non-hydrogen) atoms. The molecule has 276 valence electrons. The van der Waals surface area contributed by atoms with Gasteiger partial charge in [0.25, 0.3) is 11.6 Å². The molecule has 0 aliphatic carbocycles. The predicted octanol–water partition coefficient (Wildman–Crippen LogP) is 4.55. The summed E-state index contributed by atoms with van der Waals surface area (Å²) in [6, 6.07) is 19.5. The maximum atomic E-state index is 13.6. The zero-order valence-electron chi connectivity index (χ0n) is 29.9. The molecule has 13 nitrogen and oxygen atoms in total. The molecule has 3 amide bonds. The summed E-state index contributed by atoms with van der Waals surface area (Å²) in [6.07, 6.45) is -0.945. The van der Waals surface area contributed by atoms with E-state index < -0.39 is 56.6 Å². The molecule has 0 bridgehead atoms. The number of aliphatic hydroxyl groups is 1. The molecule has 4 atom stereocenters. The van der Waals surface area contributed by atoms with E-state index in [9.17, 15) is 38.0 Å². The fraction of sp³-hybridized carbons (Fsp3) is 0.432. The predicted molar refractivity (Wildman–Crippen MR) is 196 cm³/mol. The number of non-ortho nitro benzene ring substituents is 1. The summed E-state index contributed by atoms with van der Waals surface area (Å²) in [5, 5.41) is 31.5. The molecule has 3 unspecified atom stereocenters. The number of nitrogens with one attached hydrogen (secondary N) is 3. The van der Waals surface area contributed by atoms with E-state index in [1.807, 2.05) is 58.0 Å². The molecule has 3 rings (SSSR count). The van der Waals surface area contributed by atoms with Crippen LogP contribution in [0.25, 0.3) is 0 Å². The number of amides is 3. The van der Waals surface area contributed by atoms with Gasteiger partial charge in [-0.25, -0.2) is 8.42 Å². The first kappa shape index (κ1) is 40.6. The lowest BCUT2D eigenvalue weighted by molar-refractivity contribution is -0.384. The summed E-state index contributed by atoms with van der Waals surface area (Å²) in [4.78, 5) is 50.9. The summed E-state index contributed by atoms with van der Waals surface area (Å²) < 4.78 is 27.3. The number of aliphatic hydroxyl groups excluding tert-OH is 1. The Hall–Kier alpha value is -4.82. The van der Waals surface area contributed by atoms with Crippen molar-refractivity contribution >= 4 is 39.1 Å². The lowest BCUT2D eigenvalue weighted by Crippen LogP contribution is -2.51. The molecule has 0 saturated heterocycles. The number of nitrogens with zero attached hydrogens (tertiary/aromatic N) is 2. The Morgan fingerprint density at radius 1 is 0.843 bits per heavy atom. The molecule has 3 aromatic carbocycles. The van der Waals surface area contributed by atoms with Gasteiger partial charge in [-0.15, -0.1) is 0 Å². The fourth-order valence-electron chi connectivity index (χ4n) is 5.49. The molecule has 14 heteroatoms. The van der Waals surface area contributed by atoms with Gasteiger partial charge in [0.1, 0.15) is 6.04 Å². The van der Waals surface area contributed by atoms with Gasteiger partial charge in [0, 0.05) is 37.2 Å². The van der Waals surface area contributed by atoms with E-state index in [1.165, 1.54) is 13.1 Å². The van der Waals surface area contributed by atoms with Gasteiger partial charge in [-0.3, -0.25) is 28.8 Å². The Morgan fingerprint density at radius 3 is 1.98 bits per heavy atom. The third-order valence-electron chi connectivity index (χ3n) is 8.45. The van der Waals surface area contributed by atoms with E-state index in [2.05, 4.69) is 16.0 Å². The number of nitro benzene ring substituents is 1. The van der Waals surface area contributed by atoms with Crippen molar-refractivity contribution in [2.75, 3.05) is 11.4 Å². The highest BCUT2D eigenvalue weighted by atomic mass is 32.2. The van der Waals surface area contributed by atoms with E-state index in [4.69, 9.17) is 0 Å². The molecular formula is C37H49N5O8S. The van der Waals surface area contributed by atoms with Crippen LogP contribution >= 0.6 is 0 Å². The fourth-order valence-corrected chi connectivity index (χ4v) is 6.72. The maximum absolute atomic E-state index is 13.6. The smallest absolute Gasteiger partial charge is 0.272 e. The number of rotatable bonds is 18. The van der Waals surface area contributed by atoms with E-state index in [0.29, 0.717) is 18.5 Å². The zero-order chi connectivity index (χ0) is 37.9. The number of hydrogen-bond acceptors (Lipinski definition) is 8. The standard InChI is InChI=1S/C37H49N5O8S/c1-24(2)17-32(33(43)18-26(5)35(44)40-34(25(3)4)37(46)38-22-27-13-9-7-10-14-27)39-36(45)29-19-30(21-31(20-29)42(47)48)41(6)51(49,50)23-28-15-11-8-12-16-28/h7-16,19-21,24-26,32-34,43H,17-18,22-23H2,1-6H3,(H,38,46)(H,39,45)(H,40,44)/t26?,32?,33?,34-/m0/s1. The summed E-state index contributed by atoms with van der Waals surface area (Å²) >= 11 is 0. The van der Waals surface area contributed by atoms with Crippen molar-refractivity contribution in [1.29, 1.82) is 0 Å². The monoisotopic (exact) mass is 723 g/mol. The highest BCUT2D eigenvalue weighted by molar-refractivity contribution is 7.92. The van der Waals surface area contributed by atoms with Crippen LogP contribution in [0.1, 0.15) is 68.9 Å². The largest absolute Gasteiger partial charge is 0.391 e. The minimum atomic E-state index is -3.99. The second-order valence-corrected chi connectivity index (χ2v) is 15.6. The van der Waals surface area contributed by atoms with Gasteiger partial charge >= 0.3 is 0 Å². The normalized spacial score (nSPS) is 13.9. The van der Waals surface area contributed by atoms with Gasteiger partial charge in [-0.1, -0.05) is 95.3 Å². The number of benzene rings is 3. The van der Waals surface area contributed by atoms with Crippen LogP contribution in [0.3, 0.4) is 0 Å². The Labute approximate surface area is 300 Å². The van der Waals surface area contributed by atoms with Crippen LogP contribution in [0.5, 0.6) is 0 Å². The molecule has 0 saturated carbocycles. The van der Waals surface area contributed by atoms with Crippen molar-refractivity contribution in [3.8, 4) is 0 Å². The van der Waals surface area contributed by atoms with E-state index in [0.717, 1.165) is 22.0 Å². The first-order valence-electron chi connectivity index (χ1n) is 16.9. The topological polar surface area (TPSA) is 188 Å². The van der Waals surface area contributed by atoms with Crippen molar-refractivity contribution in [3.05, 3.63) is 106 Å². The number of carbonyl (C=O) groups is 3. The summed E-state index contributed by atoms with van der Waals surface area (Å²) in [5.41, 5.74) is 0.694. The molecule has 0 aromatic heterocycles. The van der Waals surface area contributed by atoms with Crippen LogP contribution < -0.4 is 20.3 Å². The zero-order valence-corrected chi connectivity index (χ0v) is 30.7. The van der Waals surface area contributed by atoms with Gasteiger partial charge in [0.05, 0.1) is 28.5 Å². The number of carbonyl (C=O) groups excluding carboxylic acids is 3. The summed E-state index contributed by atoms with van der Waals surface area (Å²) in [5.74, 6) is -2.87. The van der Waals surface area contributed by atoms with Crippen LogP contribution in [0.4, 0.5) is 11.4 Å². The average molecular weight is 724 g/mol. The van der Waals surface area contributed by atoms with Gasteiger partial charge in [0.15, 0.2) is 0 Å². The number of hydrogen-bond donors (Lipinski definition) is 4. The van der Waals surface area contributed by atoms with Crippen LogP contribution in [0, 0.1) is 27.9 Å². The quantitative estimate of drug-likeness (QED) is 0.109. The molecule has 0 aliphatic rings. The molecule has 0 aliphatic heterocycles. The van der Waals surface area contributed by atoms with Gasteiger partial charge in [-0.2, -0.15) is 0 Å². The van der Waals surface area contributed by atoms with Crippen molar-refractivity contribution < 1.29 is 32.8 Å². The Balaban J connectivity index is 1.74. The lowest BCUT2D eigenvalue weighted by atomic mass is 9.91. The van der Waals surface area contributed by atoms with Crippen LogP contribution in [-0.2, 0) is 31.9 Å². The molecule has 0 fully saturated rings. The molecule has 0 heterocycles. The molecule has 3 aromatic rings. The van der Waals surface area contributed by atoms with E-state index in [-0.39, 0.29) is 41.2 Å². The van der Waals surface area contributed by atoms with Crippen LogP contribution in [0.2, 0.25) is 0 Å². The SMILES string of the molecule is CC(C)CC(NC(=O)c1cc(N(C)S(=O)(=O)Cc2ccccc2)cc([N+](=O)[O-])c1)C(O)CC(C)C(=O)N[C@H](C(=O)NCc1ccccc1)C(C)C. The summed E-state index contributed by atoms with van der Waals surface area (Å²) in [6.45, 7) is 9.33. The third-order valence-corrected chi connectivity index (χ3v) is 10.2. The Kier molecular flexibility index (Phi) is 14.7. The molecule has 0 spiro atoms. The maximum Gasteiger partial charge on any atom is 0.272 e. The number of sulfonamides is 1. The number of anilines is 1. The molecule has 0 radical (unpaired) electrons. The first-order valence-corrected chi connectivity index (χ1v) is 18.5. The van der Waals surface area contributed by atoms with E-state index >= 15 is 0 Å². The second kappa shape index (κ2) is 18.4. The van der Waals surface area contributed by atoms with Crippen LogP contribution in [0.15, 0.2) is 78.9 Å². The van der Waals surface area contributed by atoms with Gasteiger partial charge in [-0.05, 0) is 41.9 Å². The van der Waals surface area contributed by atoms with Crippen molar-refractivity contribution in [1.82, 2.24) is 16.0 Å². The highest BCUT2D eigenvalue weighted by Gasteiger charge is 2.31. The lowest BCUT2D eigenvalue weighted by Gasteiger charge is -2.29. The van der Waals surface area contributed by atoms with Crippen molar-refractivity contribution in [2.45, 2.75) is 77.9 Å². The molecule has 4 N–H and O–H groups in total. The minimum absolute atomic E-state index is 0.00245. The first-order chi connectivity index (χ1) is 24.0. The minimum Gasteiger partial charge on any atom is -0.391 e. The van der Waals surface area contributed by atoms with Gasteiger partial charge < -0.3 is 21.1 Å². The summed E-state index contributed by atoms with van der Waals surface area (Å²) in [7, 11) is -2.73. The third kappa shape index (κ3) is 12.2. The Bertz CT molecular complexity index is 1750. The Morgan fingerprint density at radius 2 is 1.43 bits per heavy atom.